The Morgan fingerprint density at radius 3 is 0.981 bits per heavy atom. The van der Waals surface area contributed by atoms with Gasteiger partial charge in [-0.1, -0.05) is 0 Å². The number of nitrogens with zero attached hydrogens (tertiary/aromatic N) is 9. The van der Waals surface area contributed by atoms with Gasteiger partial charge in [0.05, 0.1) is 90.6 Å². The number of hydrogen-bond acceptors (Lipinski definition) is 9. The maximum atomic E-state index is 14.4. The van der Waals surface area contributed by atoms with Crippen LogP contribution in [0.3, 0.4) is 0 Å². The van der Waals surface area contributed by atoms with Crippen LogP contribution in [0, 0.1) is 102 Å². The van der Waals surface area contributed by atoms with E-state index in [1.54, 1.807) is 0 Å². The largest absolute Gasteiger partial charge is 0.418 e. The number of halogens is 12. The van der Waals surface area contributed by atoms with Crippen LogP contribution in [-0.2, 0) is 24.7 Å². The van der Waals surface area contributed by atoms with Gasteiger partial charge in [-0.3, -0.25) is 0 Å². The zero-order chi connectivity index (χ0) is 41.3. The van der Waals surface area contributed by atoms with E-state index in [2.05, 4.69) is 0 Å². The fourth-order valence-electron chi connectivity index (χ4n) is 5.31. The summed E-state index contributed by atoms with van der Waals surface area (Å²) in [6, 6.07) is 8.87. The molecule has 21 heteroatoms. The number of rotatable bonds is 2. The van der Waals surface area contributed by atoms with Gasteiger partial charge in [0.25, 0.3) is 0 Å². The summed E-state index contributed by atoms with van der Waals surface area (Å²) in [4.78, 5) is 0. The normalized spacial score (nSPS) is 12.5. The van der Waals surface area contributed by atoms with Crippen LogP contribution in [0.25, 0.3) is 11.1 Å². The van der Waals surface area contributed by atoms with E-state index >= 15 is 0 Å². The Kier molecular flexibility index (Phi) is 10.4. The van der Waals surface area contributed by atoms with Crippen LogP contribution in [0.4, 0.5) is 52.7 Å². The van der Waals surface area contributed by atoms with E-state index in [0.29, 0.717) is 12.1 Å². The standard InChI is InChI=1S/C33H3F12N9/c34-30(35,36)26-14(5-47)2-17(28(23(26)11-53)32(40,41)42)19(7-49)16-1-13(4-46)25(22(10-52)20(16)8-50)21(9-51)18-3-15(6-48)27(31(37,38)39)24(12-54)29(18)33(43,44)45/h1-3H/b19-16+,25-21-. The Morgan fingerprint density at radius 1 is 0.370 bits per heavy atom. The van der Waals surface area contributed by atoms with Gasteiger partial charge in [-0.2, -0.15) is 100 Å². The first kappa shape index (κ1) is 40.4. The van der Waals surface area contributed by atoms with Crippen LogP contribution in [0.15, 0.2) is 18.2 Å². The smallest absolute Gasteiger partial charge is 0.192 e. The minimum atomic E-state index is -5.97. The maximum absolute atomic E-state index is 14.4. The Labute approximate surface area is 291 Å². The van der Waals surface area contributed by atoms with Crippen LogP contribution in [0.1, 0.15) is 72.3 Å². The van der Waals surface area contributed by atoms with E-state index in [1.807, 2.05) is 0 Å². The highest BCUT2D eigenvalue weighted by atomic mass is 19.4. The van der Waals surface area contributed by atoms with Gasteiger partial charge in [0.1, 0.15) is 36.4 Å². The van der Waals surface area contributed by atoms with Crippen molar-refractivity contribution in [2.24, 2.45) is 0 Å². The summed E-state index contributed by atoms with van der Waals surface area (Å²) in [7, 11) is 0. The number of alkyl halides is 12. The van der Waals surface area contributed by atoms with Gasteiger partial charge in [0.15, 0.2) is 0 Å². The molecule has 0 saturated carbocycles. The average Bonchev–Trinajstić information content (AvgIpc) is 3.08. The summed E-state index contributed by atoms with van der Waals surface area (Å²) in [5, 5.41) is 85.1. The second-order valence-corrected chi connectivity index (χ2v) is 10.0. The molecule has 0 saturated heterocycles. The summed E-state index contributed by atoms with van der Waals surface area (Å²) in [6.45, 7) is 0. The molecule has 0 atom stereocenters. The van der Waals surface area contributed by atoms with Crippen molar-refractivity contribution in [1.29, 1.82) is 47.4 Å². The molecule has 9 nitrogen and oxygen atoms in total. The number of hydrogen-bond donors (Lipinski definition) is 0. The van der Waals surface area contributed by atoms with E-state index < -0.39 is 119 Å². The van der Waals surface area contributed by atoms with Crippen molar-refractivity contribution >= 4 is 11.1 Å². The Balaban J connectivity index is 2.94. The first-order valence-corrected chi connectivity index (χ1v) is 13.3. The van der Waals surface area contributed by atoms with Gasteiger partial charge < -0.3 is 0 Å². The van der Waals surface area contributed by atoms with Crippen LogP contribution in [0.5, 0.6) is 0 Å². The van der Waals surface area contributed by atoms with E-state index in [-0.39, 0.29) is 18.2 Å². The molecule has 54 heavy (non-hydrogen) atoms. The molecule has 0 aromatic heterocycles. The second-order valence-electron chi connectivity index (χ2n) is 10.0. The Bertz CT molecular complexity index is 2710. The molecule has 0 heterocycles. The lowest BCUT2D eigenvalue weighted by atomic mass is 9.84. The fourth-order valence-corrected chi connectivity index (χ4v) is 5.31. The van der Waals surface area contributed by atoms with E-state index in [1.165, 1.54) is 18.2 Å². The summed E-state index contributed by atoms with van der Waals surface area (Å²) >= 11 is 0. The summed E-state index contributed by atoms with van der Waals surface area (Å²) < 4.78 is 170. The van der Waals surface area contributed by atoms with Gasteiger partial charge in [-0.15, -0.1) is 0 Å². The van der Waals surface area contributed by atoms with Crippen molar-refractivity contribution in [1.82, 2.24) is 0 Å². The molecule has 3 aromatic rings. The molecule has 0 radical (unpaired) electrons. The third-order valence-corrected chi connectivity index (χ3v) is 7.21. The molecule has 0 N–H and O–H groups in total. The first-order valence-electron chi connectivity index (χ1n) is 13.3. The highest BCUT2D eigenvalue weighted by molar-refractivity contribution is 5.86. The van der Waals surface area contributed by atoms with Crippen molar-refractivity contribution in [2.45, 2.75) is 24.7 Å². The molecule has 0 unspecified atom stereocenters. The fraction of sp³-hybridized carbons (Fsp3) is 0.121. The number of nitriles is 9. The van der Waals surface area contributed by atoms with Gasteiger partial charge in [-0.25, -0.2) is 0 Å². The predicted octanol–water partition coefficient (Wildman–Crippen LogP) is 6.31. The summed E-state index contributed by atoms with van der Waals surface area (Å²) in [6.07, 6.45) is -23.5. The first-order chi connectivity index (χ1) is 25.0. The summed E-state index contributed by atoms with van der Waals surface area (Å²) in [5.74, 6) is 0. The van der Waals surface area contributed by atoms with Crippen LogP contribution < -0.4 is 10.4 Å². The van der Waals surface area contributed by atoms with Crippen LogP contribution >= 0.6 is 0 Å². The lowest BCUT2D eigenvalue weighted by molar-refractivity contribution is -0.145. The lowest BCUT2D eigenvalue weighted by Crippen LogP contribution is -2.28. The third-order valence-electron chi connectivity index (χ3n) is 7.21. The molecular formula is C33H3F12N9. The van der Waals surface area contributed by atoms with Gasteiger partial charge >= 0.3 is 24.7 Å². The monoisotopic (exact) mass is 753 g/mol. The topological polar surface area (TPSA) is 214 Å². The molecule has 3 aromatic carbocycles. The third kappa shape index (κ3) is 6.71. The van der Waals surface area contributed by atoms with Crippen molar-refractivity contribution in [3.05, 3.63) is 101 Å². The summed E-state index contributed by atoms with van der Waals surface area (Å²) in [5.41, 5.74) is -28.2. The second kappa shape index (κ2) is 13.9. The van der Waals surface area contributed by atoms with Gasteiger partial charge in [0.2, 0.25) is 0 Å². The molecule has 264 valence electrons. The Hall–Kier alpha value is -8.03. The molecular weight excluding hydrogens is 750 g/mol. The molecule has 0 aliphatic heterocycles. The minimum absolute atomic E-state index is 0.143. The van der Waals surface area contributed by atoms with E-state index in [4.69, 9.17) is 0 Å². The molecule has 0 bridgehead atoms. The van der Waals surface area contributed by atoms with Crippen LogP contribution in [0.2, 0.25) is 0 Å². The maximum Gasteiger partial charge on any atom is 0.418 e. The minimum Gasteiger partial charge on any atom is -0.192 e. The van der Waals surface area contributed by atoms with Crippen LogP contribution in [-0.4, -0.2) is 0 Å². The molecule has 0 amide bonds. The highest BCUT2D eigenvalue weighted by Gasteiger charge is 2.47. The van der Waals surface area contributed by atoms with Crippen molar-refractivity contribution in [3.8, 4) is 54.6 Å². The van der Waals surface area contributed by atoms with Crippen molar-refractivity contribution in [2.75, 3.05) is 0 Å². The SMILES string of the molecule is N#C/C(c1cc(C#N)c(C(F)(F)F)c(C#N)c1C(F)(F)F)=c1/cc(C#N)/c(=C(\C#N)c2cc(C#N)c(C(F)(F)F)c(C#N)c2C(F)(F)F)c(C#N)c1C#N. The zero-order valence-electron chi connectivity index (χ0n) is 25.3. The van der Waals surface area contributed by atoms with E-state index in [0.717, 1.165) is 24.3 Å². The van der Waals surface area contributed by atoms with E-state index in [9.17, 15) is 100 Å². The zero-order valence-corrected chi connectivity index (χ0v) is 25.3. The Morgan fingerprint density at radius 2 is 0.704 bits per heavy atom. The quantitative estimate of drug-likeness (QED) is 0.268. The predicted molar refractivity (Wildman–Crippen MR) is 148 cm³/mol. The highest BCUT2D eigenvalue weighted by Crippen LogP contribution is 2.46. The molecule has 0 fully saturated rings. The molecule has 0 aliphatic carbocycles. The van der Waals surface area contributed by atoms with Crippen molar-refractivity contribution < 1.29 is 52.7 Å². The van der Waals surface area contributed by atoms with Gasteiger partial charge in [-0.05, 0) is 18.2 Å². The molecule has 3 rings (SSSR count). The van der Waals surface area contributed by atoms with Gasteiger partial charge in [0, 0.05) is 21.6 Å². The average molecular weight is 753 g/mol. The number of benzene rings is 3. The molecule has 0 aliphatic rings. The van der Waals surface area contributed by atoms with Crippen molar-refractivity contribution in [3.63, 3.8) is 0 Å². The lowest BCUT2D eigenvalue weighted by Gasteiger charge is -2.20. The molecule has 0 spiro atoms.